The number of rotatable bonds is 5. The molecule has 0 aliphatic carbocycles. The van der Waals surface area contributed by atoms with Crippen LogP contribution in [0.25, 0.3) is 0 Å². The lowest BCUT2D eigenvalue weighted by Gasteiger charge is -2.41. The normalized spacial score (nSPS) is 24.2. The number of methoxy groups -OCH3 is 2. The second kappa shape index (κ2) is 6.46. The Bertz CT molecular complexity index is 419. The first-order valence-electron chi connectivity index (χ1n) is 7.17. The molecule has 1 aliphatic heterocycles. The molecule has 4 nitrogen and oxygen atoms in total. The molecule has 1 aromatic carbocycles. The molecule has 1 aliphatic rings. The van der Waals surface area contributed by atoms with Gasteiger partial charge in [0.2, 0.25) is 0 Å². The second-order valence-electron chi connectivity index (χ2n) is 5.49. The van der Waals surface area contributed by atoms with Crippen LogP contribution in [0.1, 0.15) is 37.8 Å². The third-order valence-electron chi connectivity index (χ3n) is 4.11. The van der Waals surface area contributed by atoms with Crippen LogP contribution in [0.5, 0.6) is 11.5 Å². The fourth-order valence-electron chi connectivity index (χ4n) is 3.00. The number of benzene rings is 1. The maximum Gasteiger partial charge on any atom is 0.122 e. The molecule has 1 saturated heterocycles. The molecule has 2 atom stereocenters. The van der Waals surface area contributed by atoms with E-state index in [4.69, 9.17) is 14.2 Å². The molecule has 0 amide bonds. The molecular weight excluding hydrogens is 254 g/mol. The Morgan fingerprint density at radius 3 is 2.25 bits per heavy atom. The zero-order valence-electron chi connectivity index (χ0n) is 12.9. The van der Waals surface area contributed by atoms with Crippen LogP contribution in [-0.2, 0) is 4.74 Å². The van der Waals surface area contributed by atoms with E-state index in [2.05, 4.69) is 12.2 Å². The van der Waals surface area contributed by atoms with E-state index in [0.717, 1.165) is 36.5 Å². The van der Waals surface area contributed by atoms with Gasteiger partial charge >= 0.3 is 0 Å². The van der Waals surface area contributed by atoms with E-state index in [1.54, 1.807) is 14.2 Å². The summed E-state index contributed by atoms with van der Waals surface area (Å²) in [6.45, 7) is 3.01. The van der Waals surface area contributed by atoms with Crippen molar-refractivity contribution in [3.63, 3.8) is 0 Å². The second-order valence-corrected chi connectivity index (χ2v) is 5.49. The molecule has 0 aromatic heterocycles. The molecule has 1 aromatic rings. The van der Waals surface area contributed by atoms with E-state index in [1.165, 1.54) is 6.42 Å². The van der Waals surface area contributed by atoms with E-state index < -0.39 is 0 Å². The fourth-order valence-corrected chi connectivity index (χ4v) is 3.00. The Labute approximate surface area is 121 Å². The first-order valence-corrected chi connectivity index (χ1v) is 7.17. The SMILES string of the molecule is CNC(c1cc(OC)cc(OC)c1)C1(C)CCCCO1. The van der Waals surface area contributed by atoms with Crippen molar-refractivity contribution in [3.05, 3.63) is 23.8 Å². The van der Waals surface area contributed by atoms with E-state index >= 15 is 0 Å². The van der Waals surface area contributed by atoms with Crippen LogP contribution >= 0.6 is 0 Å². The first-order chi connectivity index (χ1) is 9.62. The predicted octanol–water partition coefficient (Wildman–Crippen LogP) is 2.92. The maximum absolute atomic E-state index is 6.08. The van der Waals surface area contributed by atoms with Crippen molar-refractivity contribution in [3.8, 4) is 11.5 Å². The minimum atomic E-state index is -0.190. The van der Waals surface area contributed by atoms with Crippen LogP contribution in [-0.4, -0.2) is 33.5 Å². The molecule has 1 N–H and O–H groups in total. The third kappa shape index (κ3) is 3.07. The highest BCUT2D eigenvalue weighted by atomic mass is 16.5. The standard InChI is InChI=1S/C16H25NO3/c1-16(7-5-6-8-20-16)15(17-2)12-9-13(18-3)11-14(10-12)19-4/h9-11,15,17H,5-8H2,1-4H3. The van der Waals surface area contributed by atoms with Crippen LogP contribution in [0.4, 0.5) is 0 Å². The van der Waals surface area contributed by atoms with Gasteiger partial charge in [-0.05, 0) is 50.9 Å². The summed E-state index contributed by atoms with van der Waals surface area (Å²) in [4.78, 5) is 0. The molecule has 1 heterocycles. The van der Waals surface area contributed by atoms with Gasteiger partial charge < -0.3 is 19.5 Å². The summed E-state index contributed by atoms with van der Waals surface area (Å²) in [5, 5.41) is 3.40. The Morgan fingerprint density at radius 2 is 1.80 bits per heavy atom. The molecule has 0 bridgehead atoms. The van der Waals surface area contributed by atoms with Crippen molar-refractivity contribution in [1.82, 2.24) is 5.32 Å². The molecule has 4 heteroatoms. The van der Waals surface area contributed by atoms with Gasteiger partial charge in [0.15, 0.2) is 0 Å². The summed E-state index contributed by atoms with van der Waals surface area (Å²) < 4.78 is 16.8. The Morgan fingerprint density at radius 1 is 1.15 bits per heavy atom. The lowest BCUT2D eigenvalue weighted by atomic mass is 9.84. The fraction of sp³-hybridized carbons (Fsp3) is 0.625. The zero-order valence-corrected chi connectivity index (χ0v) is 12.9. The molecule has 20 heavy (non-hydrogen) atoms. The molecular formula is C16H25NO3. The minimum absolute atomic E-state index is 0.117. The summed E-state index contributed by atoms with van der Waals surface area (Å²) in [6, 6.07) is 6.10. The first kappa shape index (κ1) is 15.1. The topological polar surface area (TPSA) is 39.7 Å². The van der Waals surface area contributed by atoms with Gasteiger partial charge in [0.25, 0.3) is 0 Å². The number of nitrogens with one attached hydrogen (secondary N) is 1. The van der Waals surface area contributed by atoms with Crippen molar-refractivity contribution in [2.24, 2.45) is 0 Å². The quantitative estimate of drug-likeness (QED) is 0.899. The smallest absolute Gasteiger partial charge is 0.122 e. The monoisotopic (exact) mass is 279 g/mol. The van der Waals surface area contributed by atoms with Gasteiger partial charge in [0, 0.05) is 12.7 Å². The van der Waals surface area contributed by atoms with Gasteiger partial charge in [-0.2, -0.15) is 0 Å². The number of hydrogen-bond acceptors (Lipinski definition) is 4. The number of likely N-dealkylation sites (N-methyl/N-ethyl adjacent to an activating group) is 1. The van der Waals surface area contributed by atoms with Crippen LogP contribution in [0.2, 0.25) is 0 Å². The average molecular weight is 279 g/mol. The van der Waals surface area contributed by atoms with Crippen molar-refractivity contribution >= 4 is 0 Å². The van der Waals surface area contributed by atoms with Crippen molar-refractivity contribution in [1.29, 1.82) is 0 Å². The molecule has 1 fully saturated rings. The van der Waals surface area contributed by atoms with E-state index in [9.17, 15) is 0 Å². The van der Waals surface area contributed by atoms with Gasteiger partial charge in [-0.25, -0.2) is 0 Å². The van der Waals surface area contributed by atoms with Crippen LogP contribution in [0.3, 0.4) is 0 Å². The Kier molecular flexibility index (Phi) is 4.89. The predicted molar refractivity (Wildman–Crippen MR) is 79.6 cm³/mol. The van der Waals surface area contributed by atoms with E-state index in [1.807, 2.05) is 25.2 Å². The minimum Gasteiger partial charge on any atom is -0.497 e. The summed E-state index contributed by atoms with van der Waals surface area (Å²) in [6.07, 6.45) is 3.40. The highest BCUT2D eigenvalue weighted by Crippen LogP contribution is 2.38. The lowest BCUT2D eigenvalue weighted by molar-refractivity contribution is -0.0885. The molecule has 0 radical (unpaired) electrons. The summed E-state index contributed by atoms with van der Waals surface area (Å²) in [5.74, 6) is 1.61. The average Bonchev–Trinajstić information content (AvgIpc) is 2.48. The van der Waals surface area contributed by atoms with Crippen LogP contribution < -0.4 is 14.8 Å². The van der Waals surface area contributed by atoms with Crippen molar-refractivity contribution in [2.45, 2.75) is 37.8 Å². The molecule has 0 saturated carbocycles. The van der Waals surface area contributed by atoms with Gasteiger partial charge in [0.05, 0.1) is 25.9 Å². The summed E-state index contributed by atoms with van der Waals surface area (Å²) in [5.41, 5.74) is 0.942. The molecule has 2 rings (SSSR count). The van der Waals surface area contributed by atoms with Gasteiger partial charge in [0.1, 0.15) is 11.5 Å². The highest BCUT2D eigenvalue weighted by molar-refractivity contribution is 5.40. The molecule has 2 unspecified atom stereocenters. The molecule has 112 valence electrons. The zero-order chi connectivity index (χ0) is 14.6. The Balaban J connectivity index is 2.35. The van der Waals surface area contributed by atoms with Gasteiger partial charge in [-0.1, -0.05) is 0 Å². The van der Waals surface area contributed by atoms with E-state index in [-0.39, 0.29) is 11.6 Å². The lowest BCUT2D eigenvalue weighted by Crippen LogP contribution is -2.44. The summed E-state index contributed by atoms with van der Waals surface area (Å²) in [7, 11) is 5.32. The number of hydrogen-bond donors (Lipinski definition) is 1. The highest BCUT2D eigenvalue weighted by Gasteiger charge is 2.37. The summed E-state index contributed by atoms with van der Waals surface area (Å²) >= 11 is 0. The Hall–Kier alpha value is -1.26. The van der Waals surface area contributed by atoms with Crippen LogP contribution in [0.15, 0.2) is 18.2 Å². The van der Waals surface area contributed by atoms with Crippen molar-refractivity contribution in [2.75, 3.05) is 27.9 Å². The molecule has 0 spiro atoms. The van der Waals surface area contributed by atoms with Gasteiger partial charge in [-0.3, -0.25) is 0 Å². The number of ether oxygens (including phenoxy) is 3. The van der Waals surface area contributed by atoms with Gasteiger partial charge in [-0.15, -0.1) is 0 Å². The van der Waals surface area contributed by atoms with Crippen molar-refractivity contribution < 1.29 is 14.2 Å². The van der Waals surface area contributed by atoms with Crippen LogP contribution in [0, 0.1) is 0 Å². The third-order valence-corrected chi connectivity index (χ3v) is 4.11. The maximum atomic E-state index is 6.08. The van der Waals surface area contributed by atoms with E-state index in [0.29, 0.717) is 0 Å². The largest absolute Gasteiger partial charge is 0.497 e.